The summed E-state index contributed by atoms with van der Waals surface area (Å²) in [5.74, 6) is -0.152. The lowest BCUT2D eigenvalue weighted by Crippen LogP contribution is -2.37. The zero-order valence-electron chi connectivity index (χ0n) is 18.2. The molecule has 1 aromatic heterocycles. The van der Waals surface area contributed by atoms with Crippen molar-refractivity contribution in [1.29, 1.82) is 0 Å². The molecule has 1 heterocycles. The molecular formula is C23H23Cl2F3N4O2. The minimum Gasteiger partial charge on any atom is -0.487 e. The Hall–Kier alpha value is -2.65. The highest BCUT2D eigenvalue weighted by Gasteiger charge is 2.23. The van der Waals surface area contributed by atoms with Crippen LogP contribution in [0.25, 0.3) is 11.0 Å². The van der Waals surface area contributed by atoms with E-state index < -0.39 is 24.8 Å². The molecule has 11 heteroatoms. The zero-order valence-corrected chi connectivity index (χ0v) is 19.7. The maximum atomic E-state index is 13.5. The van der Waals surface area contributed by atoms with Crippen LogP contribution in [0.5, 0.6) is 5.75 Å². The fourth-order valence-electron chi connectivity index (χ4n) is 3.99. The topological polar surface area (TPSA) is 79.0 Å². The maximum Gasteiger partial charge on any atom is 0.272 e. The largest absolute Gasteiger partial charge is 0.487 e. The lowest BCUT2D eigenvalue weighted by atomic mass is 9.87. The molecule has 34 heavy (non-hydrogen) atoms. The van der Waals surface area contributed by atoms with Crippen LogP contribution in [0.4, 0.5) is 24.8 Å². The van der Waals surface area contributed by atoms with Crippen molar-refractivity contribution in [1.82, 2.24) is 15.3 Å². The fourth-order valence-corrected chi connectivity index (χ4v) is 4.55. The van der Waals surface area contributed by atoms with Crippen molar-refractivity contribution in [2.45, 2.75) is 45.1 Å². The van der Waals surface area contributed by atoms with Crippen LogP contribution in [-0.2, 0) is 0 Å². The average Bonchev–Trinajstić information content (AvgIpc) is 3.17. The molecule has 182 valence electrons. The van der Waals surface area contributed by atoms with Gasteiger partial charge in [0.25, 0.3) is 12.3 Å². The second-order valence-corrected chi connectivity index (χ2v) is 9.27. The van der Waals surface area contributed by atoms with E-state index in [0.29, 0.717) is 17.0 Å². The van der Waals surface area contributed by atoms with Gasteiger partial charge in [0.05, 0.1) is 32.3 Å². The molecule has 0 bridgehead atoms. The van der Waals surface area contributed by atoms with E-state index in [0.717, 1.165) is 37.8 Å². The Bertz CT molecular complexity index is 1170. The van der Waals surface area contributed by atoms with Gasteiger partial charge in [-0.25, -0.2) is 18.2 Å². The molecule has 0 radical (unpaired) electrons. The number of hydrogen-bond acceptors (Lipinski definition) is 4. The number of amides is 1. The summed E-state index contributed by atoms with van der Waals surface area (Å²) in [5.41, 5.74) is 1.18. The molecule has 1 amide bonds. The quantitative estimate of drug-likeness (QED) is 0.327. The Kier molecular flexibility index (Phi) is 7.42. The van der Waals surface area contributed by atoms with Crippen molar-refractivity contribution in [3.8, 4) is 5.75 Å². The van der Waals surface area contributed by atoms with Crippen molar-refractivity contribution < 1.29 is 22.7 Å². The molecule has 0 spiro atoms. The number of carbonyl (C=O) groups excluding carboxylic acids is 1. The number of fused-ring (bicyclic) bond motifs is 1. The number of imidazole rings is 1. The van der Waals surface area contributed by atoms with E-state index >= 15 is 0 Å². The van der Waals surface area contributed by atoms with E-state index in [-0.39, 0.29) is 39.0 Å². The Morgan fingerprint density at radius 2 is 1.85 bits per heavy atom. The van der Waals surface area contributed by atoms with Gasteiger partial charge in [0.1, 0.15) is 18.2 Å². The standard InChI is InChI=1S/C23H23Cl2F3N4O2/c1-11-2-4-13(5-3-11)29-22(33)14-8-17-18(9-19(14)34-10-20(27)28)31-23(30-17)32-21-15(24)6-12(26)7-16(21)25/h6-9,11,13,20H,2-5,10H2,1H3,(H,29,33)(H2,30,31,32). The van der Waals surface area contributed by atoms with Crippen LogP contribution in [0.1, 0.15) is 43.0 Å². The molecule has 1 saturated carbocycles. The summed E-state index contributed by atoms with van der Waals surface area (Å²) in [5, 5.41) is 5.97. The lowest BCUT2D eigenvalue weighted by Gasteiger charge is -2.27. The van der Waals surface area contributed by atoms with Crippen molar-refractivity contribution in [3.05, 3.63) is 45.7 Å². The molecule has 3 aromatic rings. The summed E-state index contributed by atoms with van der Waals surface area (Å²) < 4.78 is 44.4. The minimum absolute atomic E-state index is 0.0153. The third-order valence-corrected chi connectivity index (χ3v) is 6.39. The summed E-state index contributed by atoms with van der Waals surface area (Å²) in [6, 6.07) is 5.14. The number of nitrogens with zero attached hydrogens (tertiary/aromatic N) is 1. The van der Waals surface area contributed by atoms with Crippen molar-refractivity contribution in [2.24, 2.45) is 5.92 Å². The third kappa shape index (κ3) is 5.70. The van der Waals surface area contributed by atoms with E-state index in [1.54, 1.807) is 0 Å². The highest BCUT2D eigenvalue weighted by molar-refractivity contribution is 6.39. The number of rotatable bonds is 7. The van der Waals surface area contributed by atoms with Crippen LogP contribution < -0.4 is 15.4 Å². The van der Waals surface area contributed by atoms with Gasteiger partial charge in [-0.2, -0.15) is 0 Å². The summed E-state index contributed by atoms with van der Waals surface area (Å²) in [6.07, 6.45) is 1.05. The van der Waals surface area contributed by atoms with Gasteiger partial charge in [0.2, 0.25) is 5.95 Å². The first-order valence-electron chi connectivity index (χ1n) is 10.9. The van der Waals surface area contributed by atoms with Gasteiger partial charge in [-0.3, -0.25) is 4.79 Å². The number of anilines is 2. The van der Waals surface area contributed by atoms with Crippen molar-refractivity contribution in [2.75, 3.05) is 11.9 Å². The molecule has 1 fully saturated rings. The first kappa shape index (κ1) is 24.5. The lowest BCUT2D eigenvalue weighted by molar-refractivity contribution is 0.0790. The number of benzene rings is 2. The van der Waals surface area contributed by atoms with Gasteiger partial charge >= 0.3 is 0 Å². The van der Waals surface area contributed by atoms with Crippen LogP contribution in [0.15, 0.2) is 24.3 Å². The molecule has 0 unspecified atom stereocenters. The van der Waals surface area contributed by atoms with E-state index in [1.165, 1.54) is 12.1 Å². The molecule has 0 atom stereocenters. The average molecular weight is 515 g/mol. The number of alkyl halides is 2. The molecule has 0 aliphatic heterocycles. The van der Waals surface area contributed by atoms with Crippen LogP contribution in [-0.4, -0.2) is 34.9 Å². The van der Waals surface area contributed by atoms with Gasteiger partial charge in [0, 0.05) is 12.1 Å². The summed E-state index contributed by atoms with van der Waals surface area (Å²) in [6.45, 7) is 1.32. The number of ether oxygens (including phenoxy) is 1. The SMILES string of the molecule is CC1CCC(NC(=O)c2cc3nc(Nc4c(Cl)cc(F)cc4Cl)[nH]c3cc2OCC(F)F)CC1. The normalized spacial score (nSPS) is 18.3. The minimum atomic E-state index is -2.70. The zero-order chi connectivity index (χ0) is 24.4. The fraction of sp³-hybridized carbons (Fsp3) is 0.391. The monoisotopic (exact) mass is 514 g/mol. The smallest absolute Gasteiger partial charge is 0.272 e. The van der Waals surface area contributed by atoms with Crippen molar-refractivity contribution in [3.63, 3.8) is 0 Å². The van der Waals surface area contributed by atoms with Crippen LogP contribution >= 0.6 is 23.2 Å². The highest BCUT2D eigenvalue weighted by atomic mass is 35.5. The first-order valence-corrected chi connectivity index (χ1v) is 11.6. The predicted molar refractivity (Wildman–Crippen MR) is 126 cm³/mol. The molecule has 1 aliphatic carbocycles. The number of nitrogens with one attached hydrogen (secondary N) is 3. The molecule has 2 aromatic carbocycles. The van der Waals surface area contributed by atoms with E-state index in [4.69, 9.17) is 27.9 Å². The van der Waals surface area contributed by atoms with E-state index in [2.05, 4.69) is 27.5 Å². The molecule has 4 rings (SSSR count). The van der Waals surface area contributed by atoms with E-state index in [9.17, 15) is 18.0 Å². The molecule has 3 N–H and O–H groups in total. The third-order valence-electron chi connectivity index (χ3n) is 5.79. The maximum absolute atomic E-state index is 13.5. The first-order chi connectivity index (χ1) is 16.2. The van der Waals surface area contributed by atoms with Gasteiger partial charge in [0.15, 0.2) is 0 Å². The Labute approximate surface area is 204 Å². The second-order valence-electron chi connectivity index (χ2n) is 8.45. The van der Waals surface area contributed by atoms with Crippen molar-refractivity contribution >= 4 is 51.8 Å². The van der Waals surface area contributed by atoms with Gasteiger partial charge < -0.3 is 20.4 Å². The van der Waals surface area contributed by atoms with Gasteiger partial charge in [-0.15, -0.1) is 0 Å². The summed E-state index contributed by atoms with van der Waals surface area (Å²) >= 11 is 12.2. The molecule has 0 saturated heterocycles. The van der Waals surface area contributed by atoms with Crippen LogP contribution in [0.3, 0.4) is 0 Å². The Morgan fingerprint density at radius 3 is 2.50 bits per heavy atom. The predicted octanol–water partition coefficient (Wildman–Crippen LogP) is 6.70. The van der Waals surface area contributed by atoms with E-state index in [1.807, 2.05) is 0 Å². The number of aromatic amines is 1. The molecule has 1 aliphatic rings. The van der Waals surface area contributed by atoms with Crippen LogP contribution in [0, 0.1) is 11.7 Å². The molecular weight excluding hydrogens is 492 g/mol. The highest BCUT2D eigenvalue weighted by Crippen LogP contribution is 2.34. The summed E-state index contributed by atoms with van der Waals surface area (Å²) in [7, 11) is 0. The van der Waals surface area contributed by atoms with Gasteiger partial charge in [-0.1, -0.05) is 30.1 Å². The number of halogens is 5. The number of aromatic nitrogens is 2. The number of carbonyl (C=O) groups is 1. The Balaban J connectivity index is 1.63. The Morgan fingerprint density at radius 1 is 1.18 bits per heavy atom. The van der Waals surface area contributed by atoms with Gasteiger partial charge in [-0.05, 0) is 49.8 Å². The number of H-pyrrole nitrogens is 1. The van der Waals surface area contributed by atoms with Crippen LogP contribution in [0.2, 0.25) is 10.0 Å². The summed E-state index contributed by atoms with van der Waals surface area (Å²) in [4.78, 5) is 20.4. The number of hydrogen-bond donors (Lipinski definition) is 3. The molecule has 6 nitrogen and oxygen atoms in total. The second kappa shape index (κ2) is 10.3.